The van der Waals surface area contributed by atoms with E-state index in [-0.39, 0.29) is 17.0 Å². The lowest BCUT2D eigenvalue weighted by atomic mass is 9.96. The standard InChI is InChI=1S/C16H20F3N3O3S/c1-4-11(23)21(2)9-10-5-7-22(8-6-10)14(24)12-13(16(17,18)19)20-15(25-3)26-12/h4,10H,1,5-9H2,2-3H3. The highest BCUT2D eigenvalue weighted by Crippen LogP contribution is 2.38. The minimum Gasteiger partial charge on any atom is -0.473 e. The van der Waals surface area contributed by atoms with Gasteiger partial charge in [-0.3, -0.25) is 9.59 Å². The molecule has 10 heteroatoms. The second-order valence-electron chi connectivity index (χ2n) is 6.02. The Morgan fingerprint density at radius 2 is 2.04 bits per heavy atom. The van der Waals surface area contributed by atoms with Gasteiger partial charge in [-0.1, -0.05) is 17.9 Å². The molecule has 0 unspecified atom stereocenters. The molecular weight excluding hydrogens is 371 g/mol. The van der Waals surface area contributed by atoms with Crippen molar-refractivity contribution in [3.63, 3.8) is 0 Å². The number of likely N-dealkylation sites (tertiary alicyclic amines) is 1. The van der Waals surface area contributed by atoms with E-state index in [9.17, 15) is 22.8 Å². The van der Waals surface area contributed by atoms with E-state index in [1.807, 2.05) is 0 Å². The number of halogens is 3. The van der Waals surface area contributed by atoms with Gasteiger partial charge in [0.1, 0.15) is 4.88 Å². The molecule has 2 amide bonds. The van der Waals surface area contributed by atoms with E-state index in [1.165, 1.54) is 18.1 Å². The van der Waals surface area contributed by atoms with Gasteiger partial charge in [-0.05, 0) is 24.8 Å². The van der Waals surface area contributed by atoms with Gasteiger partial charge in [0.25, 0.3) is 11.1 Å². The smallest absolute Gasteiger partial charge is 0.435 e. The van der Waals surface area contributed by atoms with E-state index in [0.29, 0.717) is 43.8 Å². The average Bonchev–Trinajstić information content (AvgIpc) is 3.06. The zero-order valence-corrected chi connectivity index (χ0v) is 15.3. The third kappa shape index (κ3) is 4.54. The molecule has 0 aromatic carbocycles. The molecule has 144 valence electrons. The maximum atomic E-state index is 13.1. The highest BCUT2D eigenvalue weighted by atomic mass is 32.1. The largest absolute Gasteiger partial charge is 0.473 e. The summed E-state index contributed by atoms with van der Waals surface area (Å²) in [6.07, 6.45) is -2.27. The van der Waals surface area contributed by atoms with E-state index in [1.54, 1.807) is 11.9 Å². The number of hydrogen-bond donors (Lipinski definition) is 0. The van der Waals surface area contributed by atoms with Gasteiger partial charge in [-0.25, -0.2) is 0 Å². The molecule has 26 heavy (non-hydrogen) atoms. The number of ether oxygens (including phenoxy) is 1. The molecule has 6 nitrogen and oxygen atoms in total. The normalized spacial score (nSPS) is 15.7. The first-order valence-electron chi connectivity index (χ1n) is 7.96. The van der Waals surface area contributed by atoms with Crippen molar-refractivity contribution in [3.8, 4) is 5.19 Å². The van der Waals surface area contributed by atoms with Crippen molar-refractivity contribution in [1.29, 1.82) is 0 Å². The molecule has 0 saturated carbocycles. The summed E-state index contributed by atoms with van der Waals surface area (Å²) < 4.78 is 44.1. The van der Waals surface area contributed by atoms with Crippen molar-refractivity contribution in [2.75, 3.05) is 33.8 Å². The number of rotatable bonds is 5. The first-order chi connectivity index (χ1) is 12.2. The number of aromatic nitrogens is 1. The fraction of sp³-hybridized carbons (Fsp3) is 0.562. The Bertz CT molecular complexity index is 682. The van der Waals surface area contributed by atoms with Crippen molar-refractivity contribution >= 4 is 23.2 Å². The van der Waals surface area contributed by atoms with Crippen LogP contribution < -0.4 is 4.74 Å². The zero-order chi connectivity index (χ0) is 19.5. The summed E-state index contributed by atoms with van der Waals surface area (Å²) >= 11 is 0.598. The van der Waals surface area contributed by atoms with Gasteiger partial charge in [0.05, 0.1) is 7.11 Å². The van der Waals surface area contributed by atoms with Crippen LogP contribution in [-0.4, -0.2) is 60.4 Å². The quantitative estimate of drug-likeness (QED) is 0.724. The highest BCUT2D eigenvalue weighted by Gasteiger charge is 2.41. The number of alkyl halides is 3. The lowest BCUT2D eigenvalue weighted by Crippen LogP contribution is -2.42. The van der Waals surface area contributed by atoms with E-state index in [2.05, 4.69) is 11.6 Å². The molecule has 1 saturated heterocycles. The third-order valence-electron chi connectivity index (χ3n) is 4.23. The number of amides is 2. The summed E-state index contributed by atoms with van der Waals surface area (Å²) in [6.45, 7) is 4.61. The number of likely N-dealkylation sites (N-methyl/N-ethyl adjacent to an activating group) is 1. The molecular formula is C16H20F3N3O3S. The molecule has 0 atom stereocenters. The van der Waals surface area contributed by atoms with Crippen molar-refractivity contribution in [1.82, 2.24) is 14.8 Å². The number of piperidine rings is 1. The van der Waals surface area contributed by atoms with Gasteiger partial charge in [-0.2, -0.15) is 18.2 Å². The Kier molecular flexibility index (Phi) is 6.27. The maximum Gasteiger partial charge on any atom is 0.435 e. The van der Waals surface area contributed by atoms with Crippen molar-refractivity contribution in [2.24, 2.45) is 5.92 Å². The summed E-state index contributed by atoms with van der Waals surface area (Å²) in [7, 11) is 2.88. The number of hydrogen-bond acceptors (Lipinski definition) is 5. The Morgan fingerprint density at radius 3 is 2.54 bits per heavy atom. The van der Waals surface area contributed by atoms with Crippen LogP contribution in [0.2, 0.25) is 0 Å². The molecule has 0 spiro atoms. The molecule has 1 aliphatic heterocycles. The molecule has 1 aliphatic rings. The molecule has 1 fully saturated rings. The fourth-order valence-corrected chi connectivity index (χ4v) is 3.69. The van der Waals surface area contributed by atoms with E-state index in [0.717, 1.165) is 0 Å². The minimum atomic E-state index is -4.72. The second kappa shape index (κ2) is 8.07. The third-order valence-corrected chi connectivity index (χ3v) is 5.23. The first-order valence-corrected chi connectivity index (χ1v) is 8.77. The number of carbonyl (C=O) groups is 2. The van der Waals surface area contributed by atoms with E-state index >= 15 is 0 Å². The molecule has 0 radical (unpaired) electrons. The summed E-state index contributed by atoms with van der Waals surface area (Å²) in [5.41, 5.74) is -1.21. The number of thiazole rings is 1. The van der Waals surface area contributed by atoms with E-state index < -0.39 is 22.7 Å². The van der Waals surface area contributed by atoms with Crippen LogP contribution >= 0.6 is 11.3 Å². The fourth-order valence-electron chi connectivity index (χ4n) is 2.82. The lowest BCUT2D eigenvalue weighted by molar-refractivity contribution is -0.141. The topological polar surface area (TPSA) is 62.7 Å². The first kappa shape index (κ1) is 20.2. The molecule has 2 rings (SSSR count). The Hall–Kier alpha value is -2.10. The van der Waals surface area contributed by atoms with Crippen LogP contribution in [0.1, 0.15) is 28.2 Å². The lowest BCUT2D eigenvalue weighted by Gasteiger charge is -2.33. The van der Waals surface area contributed by atoms with E-state index in [4.69, 9.17) is 4.74 Å². The maximum absolute atomic E-state index is 13.1. The molecule has 0 aliphatic carbocycles. The van der Waals surface area contributed by atoms with Crippen molar-refractivity contribution < 1.29 is 27.5 Å². The zero-order valence-electron chi connectivity index (χ0n) is 14.5. The SMILES string of the molecule is C=CC(=O)N(C)CC1CCN(C(=O)c2sc(OC)nc2C(F)(F)F)CC1. The Labute approximate surface area is 153 Å². The summed E-state index contributed by atoms with van der Waals surface area (Å²) in [6, 6.07) is 0. The highest BCUT2D eigenvalue weighted by molar-refractivity contribution is 7.15. The van der Waals surface area contributed by atoms with Crippen LogP contribution in [0.5, 0.6) is 5.19 Å². The number of carbonyl (C=O) groups excluding carboxylic acids is 2. The van der Waals surface area contributed by atoms with Gasteiger partial charge in [0.2, 0.25) is 5.91 Å². The Balaban J connectivity index is 2.04. The van der Waals surface area contributed by atoms with Gasteiger partial charge in [-0.15, -0.1) is 0 Å². The van der Waals surface area contributed by atoms with Crippen LogP contribution in [0.15, 0.2) is 12.7 Å². The Morgan fingerprint density at radius 1 is 1.42 bits per heavy atom. The molecule has 1 aromatic heterocycles. The summed E-state index contributed by atoms with van der Waals surface area (Å²) in [4.78, 5) is 29.9. The summed E-state index contributed by atoms with van der Waals surface area (Å²) in [5, 5.41) is -0.194. The van der Waals surface area contributed by atoms with Crippen LogP contribution in [0, 0.1) is 5.92 Å². The predicted octanol–water partition coefficient (Wildman–Crippen LogP) is 2.67. The molecule has 1 aromatic rings. The average molecular weight is 391 g/mol. The van der Waals surface area contributed by atoms with Gasteiger partial charge >= 0.3 is 6.18 Å². The van der Waals surface area contributed by atoms with Crippen LogP contribution in [-0.2, 0) is 11.0 Å². The number of methoxy groups -OCH3 is 1. The van der Waals surface area contributed by atoms with Gasteiger partial charge < -0.3 is 14.5 Å². The molecule has 0 N–H and O–H groups in total. The van der Waals surface area contributed by atoms with Crippen LogP contribution in [0.25, 0.3) is 0 Å². The van der Waals surface area contributed by atoms with Gasteiger partial charge in [0.15, 0.2) is 5.69 Å². The van der Waals surface area contributed by atoms with Crippen LogP contribution in [0.4, 0.5) is 13.2 Å². The molecule has 2 heterocycles. The molecule has 0 bridgehead atoms. The van der Waals surface area contributed by atoms with Gasteiger partial charge in [0, 0.05) is 26.7 Å². The summed E-state index contributed by atoms with van der Waals surface area (Å²) in [5.74, 6) is -0.687. The monoisotopic (exact) mass is 391 g/mol. The predicted molar refractivity (Wildman–Crippen MR) is 90.1 cm³/mol. The second-order valence-corrected chi connectivity index (χ2v) is 6.98. The minimum absolute atomic E-state index is 0.185. The van der Waals surface area contributed by atoms with Crippen molar-refractivity contribution in [3.05, 3.63) is 23.2 Å². The number of nitrogens with zero attached hydrogens (tertiary/aromatic N) is 3. The van der Waals surface area contributed by atoms with Crippen LogP contribution in [0.3, 0.4) is 0 Å². The van der Waals surface area contributed by atoms with Crippen molar-refractivity contribution in [2.45, 2.75) is 19.0 Å².